The second kappa shape index (κ2) is 4.45. The summed E-state index contributed by atoms with van der Waals surface area (Å²) in [7, 11) is 1.84. The van der Waals surface area contributed by atoms with Crippen LogP contribution in [0.15, 0.2) is 0 Å². The van der Waals surface area contributed by atoms with Crippen molar-refractivity contribution in [1.82, 2.24) is 5.32 Å². The van der Waals surface area contributed by atoms with Crippen molar-refractivity contribution in [3.8, 4) is 0 Å². The van der Waals surface area contributed by atoms with Gasteiger partial charge in [-0.25, -0.2) is 6.57 Å². The molecule has 0 radical (unpaired) electrons. The Hall–Kier alpha value is -0.550. The molecule has 0 aliphatic heterocycles. The second-order valence-corrected chi connectivity index (χ2v) is 0.985. The van der Waals surface area contributed by atoms with Crippen LogP contribution in [0.2, 0.25) is 0 Å². The molecule has 0 spiro atoms. The summed E-state index contributed by atoms with van der Waals surface area (Å²) in [4.78, 5) is 3.11. The van der Waals surface area contributed by atoms with E-state index < -0.39 is 0 Å². The summed E-state index contributed by atoms with van der Waals surface area (Å²) in [6, 6.07) is 0. The van der Waals surface area contributed by atoms with E-state index in [-0.39, 0.29) is 0 Å². The van der Waals surface area contributed by atoms with Crippen molar-refractivity contribution in [1.29, 1.82) is 0 Å². The third-order valence-corrected chi connectivity index (χ3v) is 0.474. The van der Waals surface area contributed by atoms with Crippen LogP contribution in [-0.4, -0.2) is 20.1 Å². The minimum atomic E-state index is 0.594. The monoisotopic (exact) mass is 84.1 g/mol. The summed E-state index contributed by atoms with van der Waals surface area (Å²) < 4.78 is 0. The summed E-state index contributed by atoms with van der Waals surface area (Å²) in [6.07, 6.45) is 0. The molecule has 2 heteroatoms. The quantitative estimate of drug-likeness (QED) is 0.371. The van der Waals surface area contributed by atoms with Crippen LogP contribution < -0.4 is 5.32 Å². The Balaban J connectivity index is 2.54. The van der Waals surface area contributed by atoms with Gasteiger partial charge in [-0.15, -0.1) is 0 Å². The minimum Gasteiger partial charge on any atom is -0.316 e. The maximum atomic E-state index is 6.29. The van der Waals surface area contributed by atoms with Crippen molar-refractivity contribution in [3.05, 3.63) is 11.4 Å². The van der Waals surface area contributed by atoms with Crippen molar-refractivity contribution >= 4 is 0 Å². The normalized spacial score (nSPS) is 7.33. The van der Waals surface area contributed by atoms with E-state index in [1.807, 2.05) is 7.05 Å². The summed E-state index contributed by atoms with van der Waals surface area (Å²) in [5.41, 5.74) is 0. The van der Waals surface area contributed by atoms with E-state index in [0.29, 0.717) is 6.54 Å². The molecule has 34 valence electrons. The molecule has 0 aliphatic carbocycles. The van der Waals surface area contributed by atoms with Gasteiger partial charge in [-0.1, -0.05) is 0 Å². The van der Waals surface area contributed by atoms with E-state index in [1.165, 1.54) is 0 Å². The zero-order valence-corrected chi connectivity index (χ0v) is 3.86. The molecular weight excluding hydrogens is 76.1 g/mol. The summed E-state index contributed by atoms with van der Waals surface area (Å²) in [6.45, 7) is 7.69. The lowest BCUT2D eigenvalue weighted by Crippen LogP contribution is -2.08. The van der Waals surface area contributed by atoms with E-state index >= 15 is 0 Å². The lowest BCUT2D eigenvalue weighted by Gasteiger charge is -1.80. The van der Waals surface area contributed by atoms with E-state index in [4.69, 9.17) is 6.57 Å². The first-order chi connectivity index (χ1) is 2.91. The third-order valence-electron chi connectivity index (χ3n) is 0.474. The average molecular weight is 84.1 g/mol. The van der Waals surface area contributed by atoms with Crippen molar-refractivity contribution in [2.24, 2.45) is 0 Å². The molecular formula is C4H8N2. The first-order valence-electron chi connectivity index (χ1n) is 1.89. The van der Waals surface area contributed by atoms with Crippen LogP contribution in [0.1, 0.15) is 0 Å². The van der Waals surface area contributed by atoms with Gasteiger partial charge in [0.15, 0.2) is 0 Å². The molecule has 0 rings (SSSR count). The first kappa shape index (κ1) is 5.45. The van der Waals surface area contributed by atoms with Crippen molar-refractivity contribution in [3.63, 3.8) is 0 Å². The Labute approximate surface area is 38.0 Å². The fourth-order valence-corrected chi connectivity index (χ4v) is 0.168. The molecule has 6 heavy (non-hydrogen) atoms. The zero-order chi connectivity index (χ0) is 4.83. The molecule has 1 N–H and O–H groups in total. The lowest BCUT2D eigenvalue weighted by molar-refractivity contribution is 0.843. The largest absolute Gasteiger partial charge is 0.316 e. The van der Waals surface area contributed by atoms with E-state index in [1.54, 1.807) is 0 Å². The standard InChI is InChI=1S/C4H8N2/c1-5-3-4-6-2/h5H,3-4H2,1H3. The molecule has 0 saturated carbocycles. The molecule has 0 fully saturated rings. The van der Waals surface area contributed by atoms with Crippen LogP contribution in [-0.2, 0) is 0 Å². The second-order valence-electron chi connectivity index (χ2n) is 0.985. The Morgan fingerprint density at radius 1 is 1.83 bits per heavy atom. The summed E-state index contributed by atoms with van der Waals surface area (Å²) in [5, 5.41) is 2.85. The Kier molecular flexibility index (Phi) is 4.04. The Morgan fingerprint density at radius 3 is 2.67 bits per heavy atom. The van der Waals surface area contributed by atoms with Crippen LogP contribution in [0, 0.1) is 6.57 Å². The van der Waals surface area contributed by atoms with Crippen molar-refractivity contribution in [2.45, 2.75) is 0 Å². The summed E-state index contributed by atoms with van der Waals surface area (Å²) >= 11 is 0. The molecule has 0 unspecified atom stereocenters. The van der Waals surface area contributed by atoms with Gasteiger partial charge in [0.2, 0.25) is 6.54 Å². The molecule has 0 aromatic heterocycles. The highest BCUT2D eigenvalue weighted by Crippen LogP contribution is 1.58. The van der Waals surface area contributed by atoms with Gasteiger partial charge < -0.3 is 10.2 Å². The molecule has 0 aliphatic rings. The van der Waals surface area contributed by atoms with Crippen molar-refractivity contribution in [2.75, 3.05) is 20.1 Å². The van der Waals surface area contributed by atoms with Gasteiger partial charge >= 0.3 is 0 Å². The van der Waals surface area contributed by atoms with E-state index in [9.17, 15) is 0 Å². The molecule has 0 aromatic rings. The molecule has 0 amide bonds. The topological polar surface area (TPSA) is 16.4 Å². The van der Waals surface area contributed by atoms with Gasteiger partial charge in [0, 0.05) is 0 Å². The number of nitrogens with one attached hydrogen (secondary N) is 1. The highest BCUT2D eigenvalue weighted by atomic mass is 14.8. The van der Waals surface area contributed by atoms with Crippen LogP contribution in [0.25, 0.3) is 4.85 Å². The molecule has 0 heterocycles. The van der Waals surface area contributed by atoms with Gasteiger partial charge in [-0.05, 0) is 7.05 Å². The minimum absolute atomic E-state index is 0.594. The third kappa shape index (κ3) is 3.45. The smallest absolute Gasteiger partial charge is 0.226 e. The predicted molar refractivity (Wildman–Crippen MR) is 25.4 cm³/mol. The van der Waals surface area contributed by atoms with Crippen LogP contribution >= 0.6 is 0 Å². The van der Waals surface area contributed by atoms with Crippen LogP contribution in [0.4, 0.5) is 0 Å². The predicted octanol–water partition coefficient (Wildman–Crippen LogP) is 0.125. The van der Waals surface area contributed by atoms with Crippen LogP contribution in [0.3, 0.4) is 0 Å². The van der Waals surface area contributed by atoms with E-state index in [2.05, 4.69) is 10.2 Å². The number of likely N-dealkylation sites (N-methyl/N-ethyl adjacent to an activating group) is 1. The highest BCUT2D eigenvalue weighted by Gasteiger charge is 1.75. The number of nitrogens with zero attached hydrogens (tertiary/aromatic N) is 1. The Morgan fingerprint density at radius 2 is 2.50 bits per heavy atom. The van der Waals surface area contributed by atoms with Gasteiger partial charge in [-0.3, -0.25) is 0 Å². The van der Waals surface area contributed by atoms with Gasteiger partial charge in [0.25, 0.3) is 0 Å². The molecule has 0 bridgehead atoms. The van der Waals surface area contributed by atoms with Gasteiger partial charge in [0.1, 0.15) is 0 Å². The summed E-state index contributed by atoms with van der Waals surface area (Å²) in [5.74, 6) is 0. The average Bonchev–Trinajstić information content (AvgIpc) is 1.61. The fraction of sp³-hybridized carbons (Fsp3) is 0.750. The SMILES string of the molecule is [C-]#[N+]CCNC. The van der Waals surface area contributed by atoms with Gasteiger partial charge in [-0.2, -0.15) is 0 Å². The lowest BCUT2D eigenvalue weighted by atomic mass is 10.7. The highest BCUT2D eigenvalue weighted by molar-refractivity contribution is 4.58. The maximum Gasteiger partial charge on any atom is 0.226 e. The Bertz CT molecular complexity index is 53.1. The number of hydrogen-bond donors (Lipinski definition) is 1. The molecule has 0 atom stereocenters. The molecule has 2 nitrogen and oxygen atoms in total. The fourth-order valence-electron chi connectivity index (χ4n) is 0.168. The number of hydrogen-bond acceptors (Lipinski definition) is 1. The first-order valence-corrected chi connectivity index (χ1v) is 1.89. The van der Waals surface area contributed by atoms with E-state index in [0.717, 1.165) is 6.54 Å². The molecule has 0 saturated heterocycles. The van der Waals surface area contributed by atoms with Gasteiger partial charge in [0.05, 0.1) is 6.54 Å². The van der Waals surface area contributed by atoms with Crippen LogP contribution in [0.5, 0.6) is 0 Å². The zero-order valence-electron chi connectivity index (χ0n) is 3.86. The number of rotatable bonds is 2. The van der Waals surface area contributed by atoms with Crippen molar-refractivity contribution < 1.29 is 0 Å². The molecule has 0 aromatic carbocycles. The maximum absolute atomic E-state index is 6.29.